The predicted molar refractivity (Wildman–Crippen MR) is 127 cm³/mol. The highest BCUT2D eigenvalue weighted by atomic mass is 32.3. The predicted octanol–water partition coefficient (Wildman–Crippen LogP) is 0.795. The lowest BCUT2D eigenvalue weighted by Gasteiger charge is -2.43. The van der Waals surface area contributed by atoms with E-state index in [0.29, 0.717) is 11.3 Å². The van der Waals surface area contributed by atoms with Gasteiger partial charge < -0.3 is 25.2 Å². The highest BCUT2D eigenvalue weighted by Gasteiger charge is 2.49. The number of amides is 2. The van der Waals surface area contributed by atoms with Crippen LogP contribution in [0.2, 0.25) is 0 Å². The van der Waals surface area contributed by atoms with Crippen LogP contribution in [0.15, 0.2) is 54.6 Å². The normalized spacial score (nSPS) is 24.4. The Kier molecular flexibility index (Phi) is 9.57. The van der Waals surface area contributed by atoms with E-state index in [1.54, 1.807) is 61.5 Å². The van der Waals surface area contributed by atoms with E-state index in [2.05, 4.69) is 19.0 Å². The quantitative estimate of drug-likeness (QED) is 0.255. The van der Waals surface area contributed by atoms with Gasteiger partial charge in [0.1, 0.15) is 24.4 Å². The van der Waals surface area contributed by atoms with Gasteiger partial charge in [-0.3, -0.25) is 9.11 Å². The largest absolute Gasteiger partial charge is 0.397 e. The zero-order valence-corrected chi connectivity index (χ0v) is 21.0. The number of rotatable bonds is 10. The Balaban J connectivity index is 1.85. The summed E-state index contributed by atoms with van der Waals surface area (Å²) in [5.74, 6) is 0. The van der Waals surface area contributed by atoms with E-state index in [1.165, 1.54) is 0 Å². The Morgan fingerprint density at radius 1 is 1.00 bits per heavy atom. The molecule has 0 aliphatic carbocycles. The molecule has 2 aromatic rings. The number of carbonyl (C=O) groups is 1. The van der Waals surface area contributed by atoms with Crippen molar-refractivity contribution in [2.75, 3.05) is 11.9 Å². The van der Waals surface area contributed by atoms with Crippen LogP contribution in [-0.2, 0) is 45.2 Å². The summed E-state index contributed by atoms with van der Waals surface area (Å²) < 4.78 is 83.6. The second kappa shape index (κ2) is 12.2. The average Bonchev–Trinajstić information content (AvgIpc) is 2.79. The fraction of sp³-hybridized carbons (Fsp3) is 0.381. The van der Waals surface area contributed by atoms with Gasteiger partial charge in [0, 0.05) is 5.69 Å². The molecule has 14 nitrogen and oxygen atoms in total. The third-order valence-corrected chi connectivity index (χ3v) is 6.01. The molecule has 0 aromatic heterocycles. The maximum absolute atomic E-state index is 12.6. The van der Waals surface area contributed by atoms with Crippen LogP contribution in [0.1, 0.15) is 11.1 Å². The molecule has 0 unspecified atom stereocenters. The fourth-order valence-electron chi connectivity index (χ4n) is 3.57. The minimum atomic E-state index is -5.17. The van der Waals surface area contributed by atoms with Crippen molar-refractivity contribution in [1.82, 2.24) is 5.32 Å². The number of aliphatic hydroxyl groups is 1. The molecule has 204 valence electrons. The third kappa shape index (κ3) is 9.29. The maximum Gasteiger partial charge on any atom is 0.397 e. The van der Waals surface area contributed by atoms with Crippen LogP contribution in [-0.4, -0.2) is 74.3 Å². The van der Waals surface area contributed by atoms with Crippen molar-refractivity contribution in [2.24, 2.45) is 0 Å². The number of benzene rings is 2. The summed E-state index contributed by atoms with van der Waals surface area (Å²) in [6.45, 7) is 0.609. The second-order valence-corrected chi connectivity index (χ2v) is 10.2. The topological polar surface area (TPSA) is 207 Å². The van der Waals surface area contributed by atoms with E-state index in [4.69, 9.17) is 14.0 Å². The molecule has 1 saturated heterocycles. The van der Waals surface area contributed by atoms with Gasteiger partial charge in [-0.2, -0.15) is 16.8 Å². The molecule has 2 amide bonds. The number of anilines is 1. The number of ether oxygens (including phenoxy) is 2. The van der Waals surface area contributed by atoms with E-state index in [1.807, 2.05) is 0 Å². The molecule has 5 N–H and O–H groups in total. The highest BCUT2D eigenvalue weighted by Crippen LogP contribution is 2.28. The van der Waals surface area contributed by atoms with Crippen LogP contribution in [0.3, 0.4) is 0 Å². The van der Waals surface area contributed by atoms with Crippen LogP contribution in [0.4, 0.5) is 10.5 Å². The number of nitrogens with one attached hydrogen (secondary N) is 2. The van der Waals surface area contributed by atoms with Crippen molar-refractivity contribution >= 4 is 32.5 Å². The molecule has 2 aromatic carbocycles. The van der Waals surface area contributed by atoms with Gasteiger partial charge in [0.15, 0.2) is 6.23 Å². The first-order valence-electron chi connectivity index (χ1n) is 10.7. The van der Waals surface area contributed by atoms with Crippen molar-refractivity contribution in [2.45, 2.75) is 44.2 Å². The van der Waals surface area contributed by atoms with Gasteiger partial charge in [0.2, 0.25) is 0 Å². The first-order valence-corrected chi connectivity index (χ1v) is 13.4. The summed E-state index contributed by atoms with van der Waals surface area (Å²) in [4.78, 5) is 12.6. The number of hydrogen-bond acceptors (Lipinski definition) is 10. The summed E-state index contributed by atoms with van der Waals surface area (Å²) in [5.41, 5.74) is 1.88. The van der Waals surface area contributed by atoms with E-state index in [9.17, 15) is 31.3 Å². The first kappa shape index (κ1) is 28.9. The number of aryl methyl sites for hydroxylation is 1. The van der Waals surface area contributed by atoms with Gasteiger partial charge in [0.25, 0.3) is 0 Å². The minimum Gasteiger partial charge on any atom is -0.386 e. The number of urea groups is 1. The molecule has 3 rings (SSSR count). The van der Waals surface area contributed by atoms with Crippen molar-refractivity contribution in [1.29, 1.82) is 0 Å². The lowest BCUT2D eigenvalue weighted by Crippen LogP contribution is -2.65. The Bertz CT molecular complexity index is 1270. The Hall–Kier alpha value is -2.67. The maximum atomic E-state index is 12.6. The summed E-state index contributed by atoms with van der Waals surface area (Å²) in [7, 11) is -10.2. The standard InChI is InChI=1S/C21H26N2O12S2/c1-13-6-5-9-15(10-13)22-21(25)23-20-17(24)19(32-11-14-7-3-2-4-8-14)18(35-37(29,30)31)16(34-20)12-33-36(26,27)28/h2-10,16-20,24H,11-12H2,1H3,(H2,22,23,25)(H,26,27,28)(H,29,30,31)/t16-,17-,18-,19-,20-/m1/s1. The monoisotopic (exact) mass is 562 g/mol. The van der Waals surface area contributed by atoms with E-state index >= 15 is 0 Å². The van der Waals surface area contributed by atoms with Crippen molar-refractivity contribution in [3.8, 4) is 0 Å². The summed E-state index contributed by atoms with van der Waals surface area (Å²) in [6, 6.07) is 14.4. The lowest BCUT2D eigenvalue weighted by atomic mass is 9.98. The second-order valence-electron chi connectivity index (χ2n) is 8.02. The van der Waals surface area contributed by atoms with Crippen molar-refractivity contribution in [3.05, 3.63) is 65.7 Å². The molecule has 0 bridgehead atoms. The van der Waals surface area contributed by atoms with Gasteiger partial charge >= 0.3 is 26.8 Å². The Morgan fingerprint density at radius 2 is 1.70 bits per heavy atom. The first-order chi connectivity index (χ1) is 17.3. The molecule has 0 spiro atoms. The molecule has 1 aliphatic rings. The molecule has 0 saturated carbocycles. The highest BCUT2D eigenvalue weighted by molar-refractivity contribution is 7.81. The van der Waals surface area contributed by atoms with Crippen molar-refractivity contribution in [3.63, 3.8) is 0 Å². The van der Waals surface area contributed by atoms with Crippen LogP contribution < -0.4 is 10.6 Å². The summed E-state index contributed by atoms with van der Waals surface area (Å²) in [6.07, 6.45) is -8.51. The third-order valence-electron chi connectivity index (χ3n) is 5.11. The van der Waals surface area contributed by atoms with Gasteiger partial charge in [-0.05, 0) is 30.2 Å². The summed E-state index contributed by atoms with van der Waals surface area (Å²) >= 11 is 0. The van der Waals surface area contributed by atoms with Crippen molar-refractivity contribution < 1.29 is 53.7 Å². The van der Waals surface area contributed by atoms with Gasteiger partial charge in [-0.25, -0.2) is 13.2 Å². The lowest BCUT2D eigenvalue weighted by molar-refractivity contribution is -0.240. The smallest absolute Gasteiger partial charge is 0.386 e. The minimum absolute atomic E-state index is 0.179. The van der Waals surface area contributed by atoms with Gasteiger partial charge in [-0.1, -0.05) is 42.5 Å². The Labute approximate surface area is 213 Å². The molecule has 1 aliphatic heterocycles. The molecular formula is C21H26N2O12S2. The van der Waals surface area contributed by atoms with Gasteiger partial charge in [0.05, 0.1) is 13.2 Å². The molecular weight excluding hydrogens is 536 g/mol. The molecule has 1 heterocycles. The SMILES string of the molecule is Cc1cccc(NC(=O)N[C@@H]2O[C@H](COS(=O)(=O)O)[C@@H](OS(=O)(=O)O)[C@H](OCc3ccccc3)[C@H]2O)c1. The van der Waals surface area contributed by atoms with E-state index in [-0.39, 0.29) is 6.61 Å². The molecule has 16 heteroatoms. The molecule has 37 heavy (non-hydrogen) atoms. The number of aliphatic hydroxyl groups excluding tert-OH is 1. The number of carbonyl (C=O) groups excluding carboxylic acids is 1. The molecule has 1 fully saturated rings. The summed E-state index contributed by atoms with van der Waals surface area (Å²) in [5, 5.41) is 15.8. The zero-order chi connectivity index (χ0) is 27.2. The average molecular weight is 563 g/mol. The zero-order valence-electron chi connectivity index (χ0n) is 19.3. The number of hydrogen-bond donors (Lipinski definition) is 5. The Morgan fingerprint density at radius 3 is 2.32 bits per heavy atom. The molecule has 5 atom stereocenters. The van der Waals surface area contributed by atoms with Crippen LogP contribution in [0, 0.1) is 6.92 Å². The van der Waals surface area contributed by atoms with E-state index < -0.39 is 64.1 Å². The van der Waals surface area contributed by atoms with Gasteiger partial charge in [-0.15, -0.1) is 0 Å². The van der Waals surface area contributed by atoms with Crippen LogP contribution >= 0.6 is 0 Å². The van der Waals surface area contributed by atoms with E-state index in [0.717, 1.165) is 5.56 Å². The van der Waals surface area contributed by atoms with Crippen LogP contribution in [0.25, 0.3) is 0 Å². The molecule has 0 radical (unpaired) electrons. The fourth-order valence-corrected chi connectivity index (χ4v) is 4.39. The van der Waals surface area contributed by atoms with Crippen LogP contribution in [0.5, 0.6) is 0 Å².